The molecule has 0 aliphatic heterocycles. The molecule has 0 saturated heterocycles. The zero-order valence-electron chi connectivity index (χ0n) is 9.74. The van der Waals surface area contributed by atoms with Crippen LogP contribution in [0.2, 0.25) is 5.28 Å². The largest absolute Gasteiger partial charge is 0.424 e. The van der Waals surface area contributed by atoms with Gasteiger partial charge in [-0.05, 0) is 29.8 Å². The Morgan fingerprint density at radius 2 is 2.00 bits per heavy atom. The monoisotopic (exact) mass is 300 g/mol. The van der Waals surface area contributed by atoms with Gasteiger partial charge in [0.1, 0.15) is 5.75 Å². The van der Waals surface area contributed by atoms with E-state index in [4.69, 9.17) is 22.1 Å². The van der Waals surface area contributed by atoms with Crippen molar-refractivity contribution in [3.63, 3.8) is 0 Å². The predicted molar refractivity (Wildman–Crippen MR) is 68.9 cm³/mol. The average Bonchev–Trinajstić information content (AvgIpc) is 2.26. The van der Waals surface area contributed by atoms with Gasteiger partial charge in [0, 0.05) is 6.26 Å². The van der Waals surface area contributed by atoms with Gasteiger partial charge in [0.05, 0.1) is 4.90 Å². The molecule has 9 heteroatoms. The first-order chi connectivity index (χ1) is 8.84. The number of nitrogens with two attached hydrogens (primary N) is 1. The molecule has 2 N–H and O–H groups in total. The summed E-state index contributed by atoms with van der Waals surface area (Å²) in [6.45, 7) is 0. The minimum atomic E-state index is -3.32. The SMILES string of the molecule is CS(=O)(=O)c1cccc(Oc2nc(N)nc(Cl)n2)c1. The number of anilines is 1. The third-order valence-corrected chi connectivity index (χ3v) is 3.33. The Hall–Kier alpha value is -1.93. The maximum atomic E-state index is 11.4. The van der Waals surface area contributed by atoms with Gasteiger partial charge < -0.3 is 10.5 Å². The topological polar surface area (TPSA) is 108 Å². The van der Waals surface area contributed by atoms with Crippen molar-refractivity contribution in [2.75, 3.05) is 12.0 Å². The smallest absolute Gasteiger partial charge is 0.328 e. The molecule has 2 aromatic rings. The molecule has 0 spiro atoms. The molecule has 0 aliphatic carbocycles. The van der Waals surface area contributed by atoms with E-state index >= 15 is 0 Å². The third kappa shape index (κ3) is 3.52. The Morgan fingerprint density at radius 1 is 1.26 bits per heavy atom. The molecule has 0 atom stereocenters. The van der Waals surface area contributed by atoms with Crippen molar-refractivity contribution in [3.05, 3.63) is 29.5 Å². The fourth-order valence-electron chi connectivity index (χ4n) is 1.27. The van der Waals surface area contributed by atoms with Crippen LogP contribution in [0.15, 0.2) is 29.2 Å². The zero-order chi connectivity index (χ0) is 14.0. The Kier molecular flexibility index (Phi) is 3.54. The molecular weight excluding hydrogens is 292 g/mol. The highest BCUT2D eigenvalue weighted by molar-refractivity contribution is 7.90. The number of aromatic nitrogens is 3. The molecule has 1 aromatic carbocycles. The maximum Gasteiger partial charge on any atom is 0.328 e. The molecule has 0 fully saturated rings. The molecule has 19 heavy (non-hydrogen) atoms. The van der Waals surface area contributed by atoms with Crippen molar-refractivity contribution in [2.24, 2.45) is 0 Å². The van der Waals surface area contributed by atoms with Gasteiger partial charge in [-0.1, -0.05) is 6.07 Å². The van der Waals surface area contributed by atoms with E-state index in [1.165, 1.54) is 18.2 Å². The summed E-state index contributed by atoms with van der Waals surface area (Å²) in [4.78, 5) is 11.1. The second kappa shape index (κ2) is 4.98. The first kappa shape index (κ1) is 13.5. The summed E-state index contributed by atoms with van der Waals surface area (Å²) < 4.78 is 28.1. The highest BCUT2D eigenvalue weighted by atomic mass is 35.5. The average molecular weight is 301 g/mol. The molecule has 0 saturated carbocycles. The van der Waals surface area contributed by atoms with Crippen LogP contribution in [0.5, 0.6) is 11.8 Å². The molecule has 0 bridgehead atoms. The van der Waals surface area contributed by atoms with Gasteiger partial charge in [-0.15, -0.1) is 0 Å². The van der Waals surface area contributed by atoms with E-state index in [1.807, 2.05) is 0 Å². The number of halogens is 1. The standard InChI is InChI=1S/C10H9ClN4O3S/c1-19(16,17)7-4-2-3-6(5-7)18-10-14-8(11)13-9(12)15-10/h2-5H,1H3,(H2,12,13,14,15). The lowest BCUT2D eigenvalue weighted by Crippen LogP contribution is -2.01. The number of nitrogen functional groups attached to an aromatic ring is 1. The molecule has 0 amide bonds. The summed E-state index contributed by atoms with van der Waals surface area (Å²) >= 11 is 5.60. The lowest BCUT2D eigenvalue weighted by molar-refractivity contribution is 0.439. The van der Waals surface area contributed by atoms with Crippen LogP contribution in [0, 0.1) is 0 Å². The Morgan fingerprint density at radius 3 is 2.63 bits per heavy atom. The summed E-state index contributed by atoms with van der Waals surface area (Å²) in [6, 6.07) is 5.80. The zero-order valence-corrected chi connectivity index (χ0v) is 11.3. The van der Waals surface area contributed by atoms with Crippen LogP contribution in [0.25, 0.3) is 0 Å². The first-order valence-corrected chi connectivity index (χ1v) is 7.26. The van der Waals surface area contributed by atoms with Gasteiger partial charge >= 0.3 is 6.01 Å². The van der Waals surface area contributed by atoms with Crippen LogP contribution < -0.4 is 10.5 Å². The summed E-state index contributed by atoms with van der Waals surface area (Å²) in [5.74, 6) is 0.166. The Balaban J connectivity index is 2.33. The number of benzene rings is 1. The van der Waals surface area contributed by atoms with Gasteiger partial charge in [-0.3, -0.25) is 0 Å². The highest BCUT2D eigenvalue weighted by Crippen LogP contribution is 2.22. The van der Waals surface area contributed by atoms with Gasteiger partial charge in [-0.2, -0.15) is 15.0 Å². The van der Waals surface area contributed by atoms with E-state index < -0.39 is 9.84 Å². The molecular formula is C10H9ClN4O3S. The van der Waals surface area contributed by atoms with Crippen molar-refractivity contribution in [2.45, 2.75) is 4.90 Å². The highest BCUT2D eigenvalue weighted by Gasteiger charge is 2.10. The molecule has 0 radical (unpaired) electrons. The molecule has 0 unspecified atom stereocenters. The normalized spacial score (nSPS) is 11.3. The van der Waals surface area contributed by atoms with E-state index in [1.54, 1.807) is 6.07 Å². The lowest BCUT2D eigenvalue weighted by Gasteiger charge is -2.05. The molecule has 1 heterocycles. The fourth-order valence-corrected chi connectivity index (χ4v) is 2.08. The second-order valence-electron chi connectivity index (χ2n) is 3.59. The quantitative estimate of drug-likeness (QED) is 0.910. The van der Waals surface area contributed by atoms with Crippen LogP contribution >= 0.6 is 11.6 Å². The van der Waals surface area contributed by atoms with Crippen molar-refractivity contribution in [1.29, 1.82) is 0 Å². The van der Waals surface area contributed by atoms with E-state index in [2.05, 4.69) is 15.0 Å². The minimum Gasteiger partial charge on any atom is -0.424 e. The van der Waals surface area contributed by atoms with Crippen LogP contribution in [0.3, 0.4) is 0 Å². The fraction of sp³-hybridized carbons (Fsp3) is 0.100. The van der Waals surface area contributed by atoms with E-state index in [0.717, 1.165) is 6.26 Å². The van der Waals surface area contributed by atoms with Crippen molar-refractivity contribution < 1.29 is 13.2 Å². The van der Waals surface area contributed by atoms with E-state index in [-0.39, 0.29) is 27.9 Å². The third-order valence-electron chi connectivity index (χ3n) is 2.05. The van der Waals surface area contributed by atoms with Crippen LogP contribution in [0.1, 0.15) is 0 Å². The number of nitrogens with zero attached hydrogens (tertiary/aromatic N) is 3. The van der Waals surface area contributed by atoms with E-state index in [0.29, 0.717) is 0 Å². The van der Waals surface area contributed by atoms with Crippen molar-refractivity contribution >= 4 is 27.4 Å². The summed E-state index contributed by atoms with van der Waals surface area (Å²) in [7, 11) is -3.32. The number of hydrogen-bond donors (Lipinski definition) is 1. The Bertz CT molecular complexity index is 700. The summed E-state index contributed by atoms with van der Waals surface area (Å²) in [6.07, 6.45) is 1.10. The molecule has 7 nitrogen and oxygen atoms in total. The summed E-state index contributed by atoms with van der Waals surface area (Å²) in [5, 5.41) is -0.109. The van der Waals surface area contributed by atoms with Crippen LogP contribution in [0.4, 0.5) is 5.95 Å². The van der Waals surface area contributed by atoms with E-state index in [9.17, 15) is 8.42 Å². The Labute approximate surface area is 114 Å². The number of sulfone groups is 1. The van der Waals surface area contributed by atoms with Gasteiger partial charge in [-0.25, -0.2) is 8.42 Å². The molecule has 2 rings (SSSR count). The molecule has 0 aliphatic rings. The van der Waals surface area contributed by atoms with Crippen molar-refractivity contribution in [3.8, 4) is 11.8 Å². The molecule has 100 valence electrons. The van der Waals surface area contributed by atoms with Crippen LogP contribution in [-0.4, -0.2) is 29.6 Å². The first-order valence-electron chi connectivity index (χ1n) is 4.99. The number of hydrogen-bond acceptors (Lipinski definition) is 7. The predicted octanol–water partition coefficient (Wildman–Crippen LogP) is 1.30. The number of ether oxygens (including phenoxy) is 1. The van der Waals surface area contributed by atoms with Crippen molar-refractivity contribution in [1.82, 2.24) is 15.0 Å². The maximum absolute atomic E-state index is 11.4. The van der Waals surface area contributed by atoms with Gasteiger partial charge in [0.25, 0.3) is 0 Å². The summed E-state index contributed by atoms with van der Waals surface area (Å²) in [5.41, 5.74) is 5.39. The van der Waals surface area contributed by atoms with Crippen LogP contribution in [-0.2, 0) is 9.84 Å². The second-order valence-corrected chi connectivity index (χ2v) is 5.95. The lowest BCUT2D eigenvalue weighted by atomic mass is 10.3. The number of rotatable bonds is 3. The van der Waals surface area contributed by atoms with Gasteiger partial charge in [0.15, 0.2) is 9.84 Å². The molecule has 1 aromatic heterocycles. The van der Waals surface area contributed by atoms with Gasteiger partial charge in [0.2, 0.25) is 11.2 Å². The minimum absolute atomic E-state index is 0.0886.